The van der Waals surface area contributed by atoms with E-state index < -0.39 is 0 Å². The monoisotopic (exact) mass is 397 g/mol. The number of aliphatic hydroxyl groups is 1. The first kappa shape index (κ1) is 24.9. The number of carbonyl (C=O) groups is 1. The molecule has 0 saturated carbocycles. The molecule has 1 N–H and O–H groups in total. The van der Waals surface area contributed by atoms with Gasteiger partial charge in [-0.25, -0.2) is 0 Å². The van der Waals surface area contributed by atoms with E-state index in [4.69, 9.17) is 4.84 Å². The summed E-state index contributed by atoms with van der Waals surface area (Å²) in [6.07, 6.45) is 15.3. The Morgan fingerprint density at radius 3 is 2.50 bits per heavy atom. The highest BCUT2D eigenvalue weighted by Gasteiger charge is 2.32. The third-order valence-electron chi connectivity index (χ3n) is 5.74. The van der Waals surface area contributed by atoms with Crippen LogP contribution in [0, 0.1) is 5.92 Å². The van der Waals surface area contributed by atoms with Crippen molar-refractivity contribution >= 4 is 11.7 Å². The van der Waals surface area contributed by atoms with Crippen LogP contribution in [0.15, 0.2) is 5.16 Å². The van der Waals surface area contributed by atoms with E-state index in [9.17, 15) is 9.90 Å². The van der Waals surface area contributed by atoms with Gasteiger partial charge in [0.1, 0.15) is 6.10 Å². The maximum absolute atomic E-state index is 11.1. The van der Waals surface area contributed by atoms with Crippen LogP contribution in [0.3, 0.4) is 0 Å². The summed E-state index contributed by atoms with van der Waals surface area (Å²) in [5.74, 6) is 0.331. The van der Waals surface area contributed by atoms with E-state index in [-0.39, 0.29) is 18.2 Å². The molecule has 28 heavy (non-hydrogen) atoms. The number of esters is 1. The number of rotatable bonds is 17. The molecule has 0 spiro atoms. The molecular formula is C23H43NO4. The largest absolute Gasteiger partial charge is 0.469 e. The van der Waals surface area contributed by atoms with Crippen molar-refractivity contribution in [2.24, 2.45) is 11.1 Å². The molecule has 3 unspecified atom stereocenters. The number of hydrogen-bond donors (Lipinski definition) is 1. The summed E-state index contributed by atoms with van der Waals surface area (Å²) in [6.45, 7) is 4.43. The molecule has 1 heterocycles. The summed E-state index contributed by atoms with van der Waals surface area (Å²) in [7, 11) is 1.44. The lowest BCUT2D eigenvalue weighted by molar-refractivity contribution is -0.140. The topological polar surface area (TPSA) is 68.1 Å². The first-order chi connectivity index (χ1) is 13.6. The zero-order chi connectivity index (χ0) is 20.6. The minimum absolute atomic E-state index is 0.122. The Kier molecular flexibility index (Phi) is 14.1. The standard InChI is InChI=1S/C23H43NO4/c1-4-6-10-15-20-21(13-5-2)24-28-22(20)18-17-19(25)14-11-8-7-9-12-16-23(26)27-3/h19-20,22,25H,4-18H2,1-3H3. The molecule has 1 aliphatic rings. The molecule has 0 bridgehead atoms. The summed E-state index contributed by atoms with van der Waals surface area (Å²) in [5.41, 5.74) is 1.24. The predicted octanol–water partition coefficient (Wildman–Crippen LogP) is 5.78. The Morgan fingerprint density at radius 1 is 1.04 bits per heavy atom. The number of unbranched alkanes of at least 4 members (excludes halogenated alkanes) is 6. The van der Waals surface area contributed by atoms with E-state index in [1.165, 1.54) is 38.5 Å². The van der Waals surface area contributed by atoms with Crippen LogP contribution in [0.1, 0.15) is 110 Å². The van der Waals surface area contributed by atoms with Crippen molar-refractivity contribution in [3.05, 3.63) is 0 Å². The summed E-state index contributed by atoms with van der Waals surface area (Å²) >= 11 is 0. The van der Waals surface area contributed by atoms with E-state index >= 15 is 0 Å². The van der Waals surface area contributed by atoms with Crippen LogP contribution in [-0.4, -0.2) is 36.1 Å². The van der Waals surface area contributed by atoms with Crippen molar-refractivity contribution in [2.45, 2.75) is 122 Å². The van der Waals surface area contributed by atoms with Crippen molar-refractivity contribution in [1.29, 1.82) is 0 Å². The van der Waals surface area contributed by atoms with E-state index in [0.29, 0.717) is 12.3 Å². The predicted molar refractivity (Wildman–Crippen MR) is 114 cm³/mol. The van der Waals surface area contributed by atoms with Crippen LogP contribution in [0.5, 0.6) is 0 Å². The van der Waals surface area contributed by atoms with Gasteiger partial charge in [-0.1, -0.05) is 70.4 Å². The first-order valence-electron chi connectivity index (χ1n) is 11.6. The van der Waals surface area contributed by atoms with Crippen molar-refractivity contribution in [1.82, 2.24) is 0 Å². The highest BCUT2D eigenvalue weighted by molar-refractivity contribution is 5.87. The van der Waals surface area contributed by atoms with E-state index in [1.54, 1.807) is 0 Å². The van der Waals surface area contributed by atoms with Crippen LogP contribution < -0.4 is 0 Å². The third-order valence-corrected chi connectivity index (χ3v) is 5.74. The fourth-order valence-electron chi connectivity index (χ4n) is 3.98. The Balaban J connectivity index is 2.16. The van der Waals surface area contributed by atoms with Gasteiger partial charge in [0.2, 0.25) is 0 Å². The number of oxime groups is 1. The molecule has 0 aromatic rings. The lowest BCUT2D eigenvalue weighted by Gasteiger charge is -2.20. The van der Waals surface area contributed by atoms with Crippen molar-refractivity contribution in [2.75, 3.05) is 7.11 Å². The van der Waals surface area contributed by atoms with Crippen LogP contribution in [0.4, 0.5) is 0 Å². The maximum atomic E-state index is 11.1. The van der Waals surface area contributed by atoms with Gasteiger partial charge in [0.15, 0.2) is 0 Å². The lowest BCUT2D eigenvalue weighted by Crippen LogP contribution is -2.25. The maximum Gasteiger partial charge on any atom is 0.305 e. The van der Waals surface area contributed by atoms with Gasteiger partial charge in [0, 0.05) is 12.3 Å². The third kappa shape index (κ3) is 10.4. The SMILES string of the molecule is CCCCCC1C(CCC)=NOC1CCC(O)CCCCCCCC(=O)OC. The molecule has 0 aliphatic carbocycles. The Bertz CT molecular complexity index is 438. The van der Waals surface area contributed by atoms with Crippen molar-refractivity contribution < 1.29 is 19.5 Å². The van der Waals surface area contributed by atoms with E-state index in [1.807, 2.05) is 0 Å². The molecule has 0 fully saturated rings. The zero-order valence-electron chi connectivity index (χ0n) is 18.5. The second-order valence-electron chi connectivity index (χ2n) is 8.19. The molecule has 0 aromatic carbocycles. The summed E-state index contributed by atoms with van der Waals surface area (Å²) in [6, 6.07) is 0. The number of hydrogen-bond acceptors (Lipinski definition) is 5. The first-order valence-corrected chi connectivity index (χ1v) is 11.6. The minimum Gasteiger partial charge on any atom is -0.469 e. The number of nitrogens with zero attached hydrogens (tertiary/aromatic N) is 1. The van der Waals surface area contributed by atoms with E-state index in [0.717, 1.165) is 64.2 Å². The van der Waals surface area contributed by atoms with Crippen molar-refractivity contribution in [3.8, 4) is 0 Å². The Labute approximate surface area is 172 Å². The van der Waals surface area contributed by atoms with Gasteiger partial charge in [-0.05, 0) is 38.5 Å². The highest BCUT2D eigenvalue weighted by Crippen LogP contribution is 2.30. The molecule has 0 saturated heterocycles. The van der Waals surface area contributed by atoms with Crippen LogP contribution in [0.25, 0.3) is 0 Å². The zero-order valence-corrected chi connectivity index (χ0v) is 18.5. The van der Waals surface area contributed by atoms with E-state index in [2.05, 4.69) is 23.7 Å². The van der Waals surface area contributed by atoms with Crippen LogP contribution in [0.2, 0.25) is 0 Å². The number of methoxy groups -OCH3 is 1. The molecule has 1 rings (SSSR count). The summed E-state index contributed by atoms with van der Waals surface area (Å²) in [5, 5.41) is 14.7. The van der Waals surface area contributed by atoms with Gasteiger partial charge in [-0.15, -0.1) is 0 Å². The number of carbonyl (C=O) groups excluding carboxylic acids is 1. The molecule has 5 heteroatoms. The summed E-state index contributed by atoms with van der Waals surface area (Å²) < 4.78 is 4.64. The van der Waals surface area contributed by atoms with Crippen LogP contribution in [-0.2, 0) is 14.4 Å². The lowest BCUT2D eigenvalue weighted by atomic mass is 9.86. The van der Waals surface area contributed by atoms with Gasteiger partial charge in [0.25, 0.3) is 0 Å². The number of aliphatic hydroxyl groups excluding tert-OH is 1. The molecule has 0 amide bonds. The normalized spacial score (nSPS) is 19.9. The van der Waals surface area contributed by atoms with Crippen LogP contribution >= 0.6 is 0 Å². The molecule has 3 atom stereocenters. The van der Waals surface area contributed by atoms with Gasteiger partial charge >= 0.3 is 5.97 Å². The molecule has 5 nitrogen and oxygen atoms in total. The fourth-order valence-corrected chi connectivity index (χ4v) is 3.98. The summed E-state index contributed by atoms with van der Waals surface area (Å²) in [4.78, 5) is 16.8. The Hall–Kier alpha value is -1.10. The van der Waals surface area contributed by atoms with Gasteiger partial charge in [-0.2, -0.15) is 0 Å². The quantitative estimate of drug-likeness (QED) is 0.249. The molecule has 0 aromatic heterocycles. The molecule has 0 radical (unpaired) electrons. The second-order valence-corrected chi connectivity index (χ2v) is 8.19. The molecule has 164 valence electrons. The fraction of sp³-hybridized carbons (Fsp3) is 0.913. The van der Waals surface area contributed by atoms with Gasteiger partial charge in [0.05, 0.1) is 18.9 Å². The van der Waals surface area contributed by atoms with Gasteiger partial charge in [-0.3, -0.25) is 4.79 Å². The van der Waals surface area contributed by atoms with Crippen molar-refractivity contribution in [3.63, 3.8) is 0 Å². The Morgan fingerprint density at radius 2 is 1.79 bits per heavy atom. The molecule has 1 aliphatic heterocycles. The number of ether oxygens (including phenoxy) is 1. The smallest absolute Gasteiger partial charge is 0.305 e. The average Bonchev–Trinajstić information content (AvgIpc) is 3.07. The molecular weight excluding hydrogens is 354 g/mol. The second kappa shape index (κ2) is 15.8. The minimum atomic E-state index is -0.245. The highest BCUT2D eigenvalue weighted by atomic mass is 16.6. The van der Waals surface area contributed by atoms with Gasteiger partial charge < -0.3 is 14.7 Å². The average molecular weight is 398 g/mol.